The molecule has 0 atom stereocenters. The van der Waals surface area contributed by atoms with Crippen LogP contribution in [0.2, 0.25) is 0 Å². The number of hydrogen-bond donors (Lipinski definition) is 1. The summed E-state index contributed by atoms with van der Waals surface area (Å²) in [5, 5.41) is 3.41. The SMILES string of the molecule is Brc1ccc(-c2cccc3c2CCN3)cc1. The lowest BCUT2D eigenvalue weighted by Gasteiger charge is -2.08. The predicted molar refractivity (Wildman–Crippen MR) is 71.8 cm³/mol. The van der Waals surface area contributed by atoms with Crippen LogP contribution in [0.25, 0.3) is 11.1 Å². The van der Waals surface area contributed by atoms with Gasteiger partial charge in [0.2, 0.25) is 0 Å². The van der Waals surface area contributed by atoms with E-state index in [2.05, 4.69) is 63.7 Å². The third-order valence-electron chi connectivity index (χ3n) is 3.02. The number of halogens is 1. The minimum absolute atomic E-state index is 1.06. The van der Waals surface area contributed by atoms with Gasteiger partial charge in [0.05, 0.1) is 0 Å². The number of hydrogen-bond acceptors (Lipinski definition) is 1. The molecule has 1 nitrogen and oxygen atoms in total. The van der Waals surface area contributed by atoms with Crippen LogP contribution in [-0.2, 0) is 6.42 Å². The summed E-state index contributed by atoms with van der Waals surface area (Å²) in [6, 6.07) is 15.0. The Bertz CT molecular complexity index is 517. The Labute approximate surface area is 104 Å². The maximum absolute atomic E-state index is 3.47. The van der Waals surface area contributed by atoms with Gasteiger partial charge in [-0.1, -0.05) is 40.2 Å². The van der Waals surface area contributed by atoms with E-state index in [9.17, 15) is 0 Å². The van der Waals surface area contributed by atoms with E-state index < -0.39 is 0 Å². The van der Waals surface area contributed by atoms with Gasteiger partial charge < -0.3 is 5.32 Å². The van der Waals surface area contributed by atoms with Crippen LogP contribution < -0.4 is 5.32 Å². The lowest BCUT2D eigenvalue weighted by Crippen LogP contribution is -1.90. The Balaban J connectivity index is 2.13. The van der Waals surface area contributed by atoms with E-state index in [1.807, 2.05) is 0 Å². The van der Waals surface area contributed by atoms with Gasteiger partial charge in [-0.15, -0.1) is 0 Å². The smallest absolute Gasteiger partial charge is 0.0379 e. The molecule has 0 aliphatic carbocycles. The summed E-state index contributed by atoms with van der Waals surface area (Å²) >= 11 is 3.47. The number of benzene rings is 2. The van der Waals surface area contributed by atoms with Crippen molar-refractivity contribution in [3.05, 3.63) is 52.5 Å². The highest BCUT2D eigenvalue weighted by molar-refractivity contribution is 9.10. The van der Waals surface area contributed by atoms with Crippen LogP contribution in [0.4, 0.5) is 5.69 Å². The summed E-state index contributed by atoms with van der Waals surface area (Å²) in [6.45, 7) is 1.06. The van der Waals surface area contributed by atoms with Gasteiger partial charge in [0.25, 0.3) is 0 Å². The van der Waals surface area contributed by atoms with E-state index in [1.165, 1.54) is 22.4 Å². The molecule has 0 amide bonds. The number of nitrogens with one attached hydrogen (secondary N) is 1. The Morgan fingerprint density at radius 2 is 1.81 bits per heavy atom. The fourth-order valence-corrected chi connectivity index (χ4v) is 2.51. The number of anilines is 1. The molecule has 0 aromatic heterocycles. The van der Waals surface area contributed by atoms with Crippen LogP contribution >= 0.6 is 15.9 Å². The molecule has 1 aliphatic rings. The Morgan fingerprint density at radius 1 is 1.00 bits per heavy atom. The van der Waals surface area contributed by atoms with Gasteiger partial charge in [0.1, 0.15) is 0 Å². The summed E-state index contributed by atoms with van der Waals surface area (Å²) in [5.74, 6) is 0. The van der Waals surface area contributed by atoms with Crippen molar-refractivity contribution < 1.29 is 0 Å². The Morgan fingerprint density at radius 3 is 2.62 bits per heavy atom. The maximum atomic E-state index is 3.47. The molecule has 1 heterocycles. The molecule has 2 heteroatoms. The molecule has 0 spiro atoms. The van der Waals surface area contributed by atoms with Gasteiger partial charge in [-0.2, -0.15) is 0 Å². The molecule has 0 saturated carbocycles. The minimum atomic E-state index is 1.06. The lowest BCUT2D eigenvalue weighted by molar-refractivity contribution is 1.11. The van der Waals surface area contributed by atoms with Gasteiger partial charge in [-0.25, -0.2) is 0 Å². The fraction of sp³-hybridized carbons (Fsp3) is 0.143. The van der Waals surface area contributed by atoms with Crippen molar-refractivity contribution in [1.82, 2.24) is 0 Å². The van der Waals surface area contributed by atoms with Crippen molar-refractivity contribution >= 4 is 21.6 Å². The molecule has 3 rings (SSSR count). The third kappa shape index (κ3) is 1.63. The molecule has 0 radical (unpaired) electrons. The summed E-state index contributed by atoms with van der Waals surface area (Å²) < 4.78 is 1.13. The summed E-state index contributed by atoms with van der Waals surface area (Å²) in [6.07, 6.45) is 1.13. The highest BCUT2D eigenvalue weighted by Crippen LogP contribution is 2.33. The molecule has 0 fully saturated rings. The van der Waals surface area contributed by atoms with Crippen molar-refractivity contribution in [1.29, 1.82) is 0 Å². The van der Waals surface area contributed by atoms with E-state index in [4.69, 9.17) is 0 Å². The van der Waals surface area contributed by atoms with Crippen LogP contribution in [-0.4, -0.2) is 6.54 Å². The minimum Gasteiger partial charge on any atom is -0.384 e. The largest absolute Gasteiger partial charge is 0.384 e. The zero-order chi connectivity index (χ0) is 11.0. The predicted octanol–water partition coefficient (Wildman–Crippen LogP) is 4.08. The Kier molecular flexibility index (Phi) is 2.44. The topological polar surface area (TPSA) is 12.0 Å². The van der Waals surface area contributed by atoms with Gasteiger partial charge >= 0.3 is 0 Å². The van der Waals surface area contributed by atoms with Gasteiger partial charge in [0, 0.05) is 16.7 Å². The molecule has 0 unspecified atom stereocenters. The van der Waals surface area contributed by atoms with E-state index in [0.717, 1.165) is 17.4 Å². The molecule has 2 aromatic carbocycles. The Hall–Kier alpha value is -1.28. The summed E-state index contributed by atoms with van der Waals surface area (Å²) in [7, 11) is 0. The van der Waals surface area contributed by atoms with Crippen LogP contribution in [0, 0.1) is 0 Å². The fourth-order valence-electron chi connectivity index (χ4n) is 2.24. The van der Waals surface area contributed by atoms with Crippen molar-refractivity contribution in [2.45, 2.75) is 6.42 Å². The third-order valence-corrected chi connectivity index (χ3v) is 3.55. The standard InChI is InChI=1S/C14H12BrN/c15-11-6-4-10(5-7-11)12-2-1-3-14-13(12)8-9-16-14/h1-7,16H,8-9H2. The second-order valence-corrected chi connectivity index (χ2v) is 4.93. The van der Waals surface area contributed by atoms with Crippen LogP contribution in [0.3, 0.4) is 0 Å². The van der Waals surface area contributed by atoms with Crippen molar-refractivity contribution in [3.63, 3.8) is 0 Å². The molecular weight excluding hydrogens is 262 g/mol. The first kappa shape index (κ1) is 9.91. The lowest BCUT2D eigenvalue weighted by atomic mass is 9.98. The summed E-state index contributed by atoms with van der Waals surface area (Å²) in [4.78, 5) is 0. The number of fused-ring (bicyclic) bond motifs is 1. The zero-order valence-corrected chi connectivity index (χ0v) is 10.4. The van der Waals surface area contributed by atoms with E-state index in [1.54, 1.807) is 0 Å². The monoisotopic (exact) mass is 273 g/mol. The average Bonchev–Trinajstić information content (AvgIpc) is 2.78. The number of rotatable bonds is 1. The average molecular weight is 274 g/mol. The maximum Gasteiger partial charge on any atom is 0.0379 e. The summed E-state index contributed by atoms with van der Waals surface area (Å²) in [5.41, 5.74) is 5.39. The van der Waals surface area contributed by atoms with Crippen molar-refractivity contribution in [3.8, 4) is 11.1 Å². The molecule has 0 saturated heterocycles. The molecular formula is C14H12BrN. The second-order valence-electron chi connectivity index (χ2n) is 4.02. The van der Waals surface area contributed by atoms with Gasteiger partial charge in [-0.3, -0.25) is 0 Å². The zero-order valence-electron chi connectivity index (χ0n) is 8.83. The molecule has 0 bridgehead atoms. The quantitative estimate of drug-likeness (QED) is 0.826. The van der Waals surface area contributed by atoms with Gasteiger partial charge in [0.15, 0.2) is 0 Å². The van der Waals surface area contributed by atoms with E-state index >= 15 is 0 Å². The van der Waals surface area contributed by atoms with E-state index in [-0.39, 0.29) is 0 Å². The molecule has 80 valence electrons. The molecule has 1 N–H and O–H groups in total. The normalized spacial score (nSPS) is 13.3. The molecule has 1 aliphatic heterocycles. The second kappa shape index (κ2) is 3.95. The molecule has 16 heavy (non-hydrogen) atoms. The van der Waals surface area contributed by atoms with Crippen molar-refractivity contribution in [2.24, 2.45) is 0 Å². The van der Waals surface area contributed by atoms with Crippen LogP contribution in [0.1, 0.15) is 5.56 Å². The van der Waals surface area contributed by atoms with Gasteiger partial charge in [-0.05, 0) is 41.3 Å². The van der Waals surface area contributed by atoms with Crippen LogP contribution in [0.5, 0.6) is 0 Å². The van der Waals surface area contributed by atoms with E-state index in [0.29, 0.717) is 0 Å². The van der Waals surface area contributed by atoms with Crippen molar-refractivity contribution in [2.75, 3.05) is 11.9 Å². The highest BCUT2D eigenvalue weighted by atomic mass is 79.9. The highest BCUT2D eigenvalue weighted by Gasteiger charge is 2.14. The first-order valence-electron chi connectivity index (χ1n) is 5.46. The first-order valence-corrected chi connectivity index (χ1v) is 6.25. The van der Waals surface area contributed by atoms with Crippen LogP contribution in [0.15, 0.2) is 46.9 Å². The molecule has 2 aromatic rings. The first-order chi connectivity index (χ1) is 7.84.